The van der Waals surface area contributed by atoms with E-state index in [1.807, 2.05) is 65.2 Å². The number of pyridine rings is 1. The summed E-state index contributed by atoms with van der Waals surface area (Å²) < 4.78 is 36.2. The molecule has 1 aliphatic heterocycles. The number of aryl methyl sites for hydroxylation is 1. The lowest BCUT2D eigenvalue weighted by Crippen LogP contribution is -2.50. The first-order valence-electron chi connectivity index (χ1n) is 16.9. The van der Waals surface area contributed by atoms with Gasteiger partial charge in [-0.2, -0.15) is 5.26 Å². The van der Waals surface area contributed by atoms with E-state index in [1.54, 1.807) is 11.0 Å². The summed E-state index contributed by atoms with van der Waals surface area (Å²) in [5.41, 5.74) is 3.07. The molecule has 274 valence electrons. The summed E-state index contributed by atoms with van der Waals surface area (Å²) in [4.78, 5) is 39.9. The molecule has 1 aliphatic rings. The Morgan fingerprint density at radius 3 is 2.18 bits per heavy atom. The third kappa shape index (κ3) is 20.8. The molecule has 1 unspecified atom stereocenters. The largest absolute Gasteiger partial charge is 0.494 e. The highest BCUT2D eigenvalue weighted by Gasteiger charge is 2.28. The van der Waals surface area contributed by atoms with Crippen LogP contribution >= 0.6 is 0 Å². The number of nitrogens with one attached hydrogen (secondary N) is 1. The van der Waals surface area contributed by atoms with E-state index >= 15 is 0 Å². The Morgan fingerprint density at radius 1 is 1.10 bits per heavy atom. The van der Waals surface area contributed by atoms with E-state index in [-0.39, 0.29) is 31.3 Å². The van der Waals surface area contributed by atoms with Crippen LogP contribution in [0.25, 0.3) is 11.1 Å². The number of halogens is 2. The van der Waals surface area contributed by atoms with Crippen molar-refractivity contribution < 1.29 is 32.6 Å². The lowest BCUT2D eigenvalue weighted by molar-refractivity contribution is -0.118. The van der Waals surface area contributed by atoms with Crippen molar-refractivity contribution in [1.82, 2.24) is 20.1 Å². The molecule has 2 amide bonds. The number of ketones is 1. The van der Waals surface area contributed by atoms with E-state index in [1.165, 1.54) is 26.3 Å². The molecule has 0 spiro atoms. The molecular formula is C37H57F2N5O5. The molecule has 1 saturated heterocycles. The maximum absolute atomic E-state index is 12.4. The van der Waals surface area contributed by atoms with Crippen molar-refractivity contribution in [2.75, 3.05) is 45.9 Å². The molecule has 0 aliphatic carbocycles. The molecule has 3 rings (SSSR count). The minimum Gasteiger partial charge on any atom is -0.494 e. The van der Waals surface area contributed by atoms with Crippen molar-refractivity contribution in [1.29, 1.82) is 5.26 Å². The highest BCUT2D eigenvalue weighted by Crippen LogP contribution is 2.26. The zero-order chi connectivity index (χ0) is 37.5. The minimum atomic E-state index is -2.66. The second-order valence-corrected chi connectivity index (χ2v) is 12.4. The molecule has 1 fully saturated rings. The zero-order valence-electron chi connectivity index (χ0n) is 30.9. The number of benzene rings is 1. The Kier molecular flexibility index (Phi) is 22.1. The number of nitriles is 1. The van der Waals surface area contributed by atoms with Gasteiger partial charge in [-0.05, 0) is 77.3 Å². The van der Waals surface area contributed by atoms with Crippen molar-refractivity contribution in [3.05, 3.63) is 48.3 Å². The van der Waals surface area contributed by atoms with Crippen LogP contribution in [0.1, 0.15) is 80.2 Å². The number of rotatable bonds is 12. The fourth-order valence-electron chi connectivity index (χ4n) is 4.28. The SMILES string of the molecule is CC.CC(=O)CNC=O.CCC(F)(F)CC(C)C#N.Cc1ccncc1-c1ccc(OCCCN2CCN(C(=O)OC(C)(C)C)CC2)cc1. The summed E-state index contributed by atoms with van der Waals surface area (Å²) in [6.07, 6.45) is 4.45. The van der Waals surface area contributed by atoms with Gasteiger partial charge in [-0.3, -0.25) is 19.5 Å². The molecule has 0 saturated carbocycles. The van der Waals surface area contributed by atoms with Crippen LogP contribution < -0.4 is 10.1 Å². The first-order valence-corrected chi connectivity index (χ1v) is 16.9. The van der Waals surface area contributed by atoms with Gasteiger partial charge in [0.25, 0.3) is 0 Å². The van der Waals surface area contributed by atoms with Crippen molar-refractivity contribution >= 4 is 18.3 Å². The van der Waals surface area contributed by atoms with Crippen LogP contribution in [0.4, 0.5) is 13.6 Å². The molecule has 1 aromatic carbocycles. The molecular weight excluding hydrogens is 632 g/mol. The van der Waals surface area contributed by atoms with E-state index < -0.39 is 17.4 Å². The van der Waals surface area contributed by atoms with Gasteiger partial charge >= 0.3 is 6.09 Å². The van der Waals surface area contributed by atoms with Gasteiger partial charge in [0.15, 0.2) is 0 Å². The molecule has 10 nitrogen and oxygen atoms in total. The van der Waals surface area contributed by atoms with Crippen molar-refractivity contribution in [2.45, 2.75) is 93.1 Å². The Hall–Kier alpha value is -4.11. The van der Waals surface area contributed by atoms with Gasteiger partial charge in [0.2, 0.25) is 12.3 Å². The molecule has 0 radical (unpaired) electrons. The van der Waals surface area contributed by atoms with Crippen LogP contribution in [0, 0.1) is 24.2 Å². The third-order valence-electron chi connectivity index (χ3n) is 6.89. The van der Waals surface area contributed by atoms with Gasteiger partial charge in [-0.15, -0.1) is 0 Å². The number of amides is 2. The monoisotopic (exact) mass is 689 g/mol. The first kappa shape index (κ1) is 44.9. The Balaban J connectivity index is 0.000000998. The average molecular weight is 690 g/mol. The molecule has 0 bridgehead atoms. The van der Waals surface area contributed by atoms with E-state index in [9.17, 15) is 23.2 Å². The standard InChI is InChI=1S/C24H33N3O3.C7H11F2N.C4H7NO2.C2H6/c1-19-10-11-25-18-22(19)20-6-8-21(9-7-20)29-17-5-12-26-13-15-27(16-14-26)23(28)30-24(2,3)4;1-3-7(8,9)4-6(2)5-10;1-4(7)2-5-3-6;1-2/h6-11,18H,5,12-17H2,1-4H3;6H,3-4H2,1-2H3;3H,2H2,1H3,(H,5,6);1-2H3. The number of piperazine rings is 1. The number of carbonyl (C=O) groups excluding carboxylic acids is 3. The molecule has 2 heterocycles. The van der Waals surface area contributed by atoms with E-state index in [4.69, 9.17) is 14.7 Å². The van der Waals surface area contributed by atoms with Gasteiger partial charge < -0.3 is 19.7 Å². The quantitative estimate of drug-likeness (QED) is 0.182. The zero-order valence-corrected chi connectivity index (χ0v) is 30.9. The maximum atomic E-state index is 12.4. The van der Waals surface area contributed by atoms with Crippen molar-refractivity contribution in [3.8, 4) is 22.9 Å². The number of ether oxygens (including phenoxy) is 2. The normalized spacial score (nSPS) is 13.4. The van der Waals surface area contributed by atoms with E-state index in [2.05, 4.69) is 34.3 Å². The van der Waals surface area contributed by atoms with Crippen LogP contribution in [0.15, 0.2) is 42.7 Å². The number of nitrogens with zero attached hydrogens (tertiary/aromatic N) is 4. The average Bonchev–Trinajstić information content (AvgIpc) is 3.07. The Morgan fingerprint density at radius 2 is 1.71 bits per heavy atom. The Bertz CT molecular complexity index is 1270. The highest BCUT2D eigenvalue weighted by molar-refractivity contribution is 5.79. The smallest absolute Gasteiger partial charge is 0.410 e. The summed E-state index contributed by atoms with van der Waals surface area (Å²) in [7, 11) is 0. The molecule has 49 heavy (non-hydrogen) atoms. The molecule has 1 N–H and O–H groups in total. The van der Waals surface area contributed by atoms with Gasteiger partial charge in [-0.25, -0.2) is 13.6 Å². The van der Waals surface area contributed by atoms with Crippen LogP contribution in [-0.2, 0) is 14.3 Å². The third-order valence-corrected chi connectivity index (χ3v) is 6.89. The number of alkyl halides is 2. The number of hydrogen-bond donors (Lipinski definition) is 1. The van der Waals surface area contributed by atoms with Gasteiger partial charge in [0.05, 0.1) is 19.2 Å². The summed E-state index contributed by atoms with van der Waals surface area (Å²) in [6.45, 7) is 21.1. The summed E-state index contributed by atoms with van der Waals surface area (Å²) in [6, 6.07) is 12.0. The molecule has 1 aromatic heterocycles. The van der Waals surface area contributed by atoms with Crippen LogP contribution in [0.3, 0.4) is 0 Å². The lowest BCUT2D eigenvalue weighted by atomic mass is 10.0. The molecule has 12 heteroatoms. The van der Waals surface area contributed by atoms with Crippen molar-refractivity contribution in [3.63, 3.8) is 0 Å². The van der Waals surface area contributed by atoms with Crippen molar-refractivity contribution in [2.24, 2.45) is 5.92 Å². The summed E-state index contributed by atoms with van der Waals surface area (Å²) in [5, 5.41) is 10.4. The number of aromatic nitrogens is 1. The topological polar surface area (TPSA) is 125 Å². The predicted molar refractivity (Wildman–Crippen MR) is 189 cm³/mol. The van der Waals surface area contributed by atoms with Gasteiger partial charge in [-0.1, -0.05) is 32.9 Å². The second-order valence-electron chi connectivity index (χ2n) is 12.4. The Labute approximate surface area is 292 Å². The summed E-state index contributed by atoms with van der Waals surface area (Å²) >= 11 is 0. The fraction of sp³-hybridized carbons (Fsp3) is 0.595. The van der Waals surface area contributed by atoms with E-state index in [0.29, 0.717) is 26.1 Å². The summed E-state index contributed by atoms with van der Waals surface area (Å²) in [5.74, 6) is -2.35. The number of Topliss-reactive ketones (excluding diaryl/α,β-unsaturated/α-hetero) is 1. The van der Waals surface area contributed by atoms with E-state index in [0.717, 1.165) is 42.9 Å². The van der Waals surface area contributed by atoms with Crippen LogP contribution in [0.5, 0.6) is 5.75 Å². The van der Waals surface area contributed by atoms with Gasteiger partial charge in [0, 0.05) is 69.4 Å². The van der Waals surface area contributed by atoms with Crippen LogP contribution in [0.2, 0.25) is 0 Å². The first-order chi connectivity index (χ1) is 23.1. The highest BCUT2D eigenvalue weighted by atomic mass is 19.3. The second kappa shape index (κ2) is 24.1. The number of carbonyl (C=O) groups is 3. The predicted octanol–water partition coefficient (Wildman–Crippen LogP) is 7.31. The fourth-order valence-corrected chi connectivity index (χ4v) is 4.28. The lowest BCUT2D eigenvalue weighted by Gasteiger charge is -2.35. The molecule has 1 atom stereocenters. The maximum Gasteiger partial charge on any atom is 0.410 e. The minimum absolute atomic E-state index is 0.0351. The van der Waals surface area contributed by atoms with Crippen LogP contribution in [-0.4, -0.2) is 90.5 Å². The van der Waals surface area contributed by atoms with Gasteiger partial charge in [0.1, 0.15) is 17.1 Å². The molecule has 2 aromatic rings. The number of hydrogen-bond acceptors (Lipinski definition) is 8.